The molecule has 0 unspecified atom stereocenters. The molecule has 5 aromatic rings. The molecule has 2 amide bonds. The molecule has 0 saturated carbocycles. The van der Waals surface area contributed by atoms with E-state index >= 15 is 0 Å². The first-order valence-corrected chi connectivity index (χ1v) is 9.94. The lowest BCUT2D eigenvalue weighted by Gasteiger charge is -2.11. The molecule has 32 heavy (non-hydrogen) atoms. The number of hydrogen-bond acceptors (Lipinski definition) is 4. The van der Waals surface area contributed by atoms with Gasteiger partial charge in [-0.3, -0.25) is 14.9 Å². The number of fused-ring (bicyclic) bond motifs is 1. The molecule has 8 nitrogen and oxygen atoms in total. The Morgan fingerprint density at radius 1 is 0.781 bits per heavy atom. The van der Waals surface area contributed by atoms with Gasteiger partial charge in [0.15, 0.2) is 5.69 Å². The first-order valence-electron chi connectivity index (χ1n) is 9.94. The van der Waals surface area contributed by atoms with Gasteiger partial charge in [-0.1, -0.05) is 60.7 Å². The summed E-state index contributed by atoms with van der Waals surface area (Å²) in [6.07, 6.45) is 1.31. The van der Waals surface area contributed by atoms with Crippen LogP contribution in [0, 0.1) is 0 Å². The van der Waals surface area contributed by atoms with Gasteiger partial charge in [0.25, 0.3) is 11.8 Å². The summed E-state index contributed by atoms with van der Waals surface area (Å²) in [5.41, 5.74) is 4.00. The maximum atomic E-state index is 13.0. The van der Waals surface area contributed by atoms with Gasteiger partial charge in [-0.2, -0.15) is 0 Å². The Morgan fingerprint density at radius 2 is 1.53 bits per heavy atom. The number of benzene rings is 3. The number of carbonyl (C=O) groups excluding carboxylic acids is 2. The summed E-state index contributed by atoms with van der Waals surface area (Å²) >= 11 is 0. The van der Waals surface area contributed by atoms with Crippen LogP contribution in [-0.2, 0) is 0 Å². The van der Waals surface area contributed by atoms with E-state index in [4.69, 9.17) is 0 Å². The van der Waals surface area contributed by atoms with E-state index in [9.17, 15) is 9.59 Å². The third-order valence-corrected chi connectivity index (χ3v) is 4.96. The van der Waals surface area contributed by atoms with Crippen molar-refractivity contribution in [2.45, 2.75) is 0 Å². The molecule has 156 valence electrons. The molecule has 0 aliphatic rings. The molecule has 0 bridgehead atoms. The van der Waals surface area contributed by atoms with E-state index in [0.717, 1.165) is 22.2 Å². The molecule has 3 aromatic carbocycles. The molecule has 0 atom stereocenters. The molecule has 2 aromatic heterocycles. The summed E-state index contributed by atoms with van der Waals surface area (Å²) < 4.78 is 0. The van der Waals surface area contributed by atoms with Crippen LogP contribution in [0.25, 0.3) is 22.2 Å². The number of H-pyrrole nitrogens is 2. The predicted octanol–water partition coefficient (Wildman–Crippen LogP) is 4.46. The molecule has 0 aliphatic carbocycles. The quantitative estimate of drug-likeness (QED) is 0.335. The number of amides is 2. The van der Waals surface area contributed by atoms with E-state index in [2.05, 4.69) is 30.6 Å². The maximum absolute atomic E-state index is 13.0. The average molecular weight is 422 g/mol. The van der Waals surface area contributed by atoms with Crippen molar-refractivity contribution in [1.82, 2.24) is 19.9 Å². The van der Waals surface area contributed by atoms with E-state index in [1.54, 1.807) is 6.07 Å². The first-order chi connectivity index (χ1) is 15.7. The fraction of sp³-hybridized carbons (Fsp3) is 0. The number of carbonyl (C=O) groups is 2. The minimum atomic E-state index is -0.525. The number of hydrogen-bond donors (Lipinski definition) is 4. The summed E-state index contributed by atoms with van der Waals surface area (Å²) in [7, 11) is 0. The SMILES string of the molecule is O=C(Nc1ccccc1-c1ccccc1)c1nc[nH]c1C(=O)Nc1nc2ccccc2[nH]1. The second-order valence-corrected chi connectivity index (χ2v) is 7.05. The Morgan fingerprint density at radius 3 is 2.38 bits per heavy atom. The number of rotatable bonds is 5. The topological polar surface area (TPSA) is 116 Å². The molecule has 8 heteroatoms. The summed E-state index contributed by atoms with van der Waals surface area (Å²) in [6, 6.07) is 24.6. The van der Waals surface area contributed by atoms with Crippen LogP contribution in [-0.4, -0.2) is 31.8 Å². The first kappa shape index (κ1) is 19.3. The van der Waals surface area contributed by atoms with Gasteiger partial charge in [0, 0.05) is 11.3 Å². The van der Waals surface area contributed by atoms with Gasteiger partial charge in [0.05, 0.1) is 17.4 Å². The minimum absolute atomic E-state index is 0.0125. The monoisotopic (exact) mass is 422 g/mol. The van der Waals surface area contributed by atoms with Crippen LogP contribution in [0.2, 0.25) is 0 Å². The Hall–Kier alpha value is -4.72. The number of imidazole rings is 2. The lowest BCUT2D eigenvalue weighted by Crippen LogP contribution is -2.21. The zero-order valence-corrected chi connectivity index (χ0v) is 16.8. The van der Waals surface area contributed by atoms with Crippen LogP contribution in [0.15, 0.2) is 85.2 Å². The highest BCUT2D eigenvalue weighted by Gasteiger charge is 2.22. The van der Waals surface area contributed by atoms with E-state index in [-0.39, 0.29) is 17.3 Å². The van der Waals surface area contributed by atoms with Crippen molar-refractivity contribution >= 4 is 34.5 Å². The molecular weight excluding hydrogens is 404 g/mol. The Balaban J connectivity index is 1.38. The largest absolute Gasteiger partial charge is 0.340 e. The van der Waals surface area contributed by atoms with Crippen LogP contribution in [0.4, 0.5) is 11.6 Å². The smallest absolute Gasteiger partial charge is 0.276 e. The zero-order chi connectivity index (χ0) is 21.9. The molecule has 0 fully saturated rings. The van der Waals surface area contributed by atoms with Gasteiger partial charge in [0.2, 0.25) is 5.95 Å². The van der Waals surface area contributed by atoms with Crippen LogP contribution in [0.3, 0.4) is 0 Å². The summed E-state index contributed by atoms with van der Waals surface area (Å²) in [5.74, 6) is -0.737. The van der Waals surface area contributed by atoms with E-state index < -0.39 is 11.8 Å². The van der Waals surface area contributed by atoms with E-state index in [1.165, 1.54) is 6.33 Å². The summed E-state index contributed by atoms with van der Waals surface area (Å²) in [5, 5.41) is 5.54. The fourth-order valence-corrected chi connectivity index (χ4v) is 3.46. The van der Waals surface area contributed by atoms with Gasteiger partial charge in [0.1, 0.15) is 5.69 Å². The van der Waals surface area contributed by atoms with Crippen LogP contribution >= 0.6 is 0 Å². The van der Waals surface area contributed by atoms with Gasteiger partial charge in [-0.15, -0.1) is 0 Å². The number of aromatic amines is 2. The lowest BCUT2D eigenvalue weighted by molar-refractivity contribution is 0.0985. The normalized spacial score (nSPS) is 10.8. The number of nitrogens with one attached hydrogen (secondary N) is 4. The van der Waals surface area contributed by atoms with Crippen molar-refractivity contribution < 1.29 is 9.59 Å². The Kier molecular flexibility index (Phi) is 4.93. The van der Waals surface area contributed by atoms with Crippen molar-refractivity contribution in [3.63, 3.8) is 0 Å². The second-order valence-electron chi connectivity index (χ2n) is 7.05. The van der Waals surface area contributed by atoms with Crippen LogP contribution in [0.5, 0.6) is 0 Å². The fourth-order valence-electron chi connectivity index (χ4n) is 3.46. The van der Waals surface area contributed by atoms with Gasteiger partial charge in [-0.05, 0) is 23.8 Å². The highest BCUT2D eigenvalue weighted by Crippen LogP contribution is 2.28. The lowest BCUT2D eigenvalue weighted by atomic mass is 10.0. The predicted molar refractivity (Wildman–Crippen MR) is 122 cm³/mol. The van der Waals surface area contributed by atoms with Gasteiger partial charge in [-0.25, -0.2) is 9.97 Å². The van der Waals surface area contributed by atoms with Crippen molar-refractivity contribution in [3.8, 4) is 11.1 Å². The number of nitrogens with zero attached hydrogens (tertiary/aromatic N) is 2. The Bertz CT molecular complexity index is 1390. The maximum Gasteiger partial charge on any atom is 0.276 e. The summed E-state index contributed by atoms with van der Waals surface area (Å²) in [4.78, 5) is 39.9. The number of para-hydroxylation sites is 3. The molecule has 2 heterocycles. The van der Waals surface area contributed by atoms with Crippen molar-refractivity contribution in [3.05, 3.63) is 96.6 Å². The third-order valence-electron chi connectivity index (χ3n) is 4.96. The third kappa shape index (κ3) is 3.72. The van der Waals surface area contributed by atoms with Crippen LogP contribution < -0.4 is 10.6 Å². The minimum Gasteiger partial charge on any atom is -0.340 e. The standard InChI is InChI=1S/C24H18N6O2/c31-22(27-17-11-5-4-10-16(17)15-8-2-1-3-9-15)20-21(26-14-25-20)23(32)30-24-28-18-12-6-7-13-19(18)29-24/h1-14H,(H,25,26)(H,27,31)(H2,28,29,30,32). The van der Waals surface area contributed by atoms with Crippen molar-refractivity contribution in [2.75, 3.05) is 10.6 Å². The summed E-state index contributed by atoms with van der Waals surface area (Å²) in [6.45, 7) is 0. The zero-order valence-electron chi connectivity index (χ0n) is 16.8. The van der Waals surface area contributed by atoms with Gasteiger partial charge < -0.3 is 15.3 Å². The second kappa shape index (κ2) is 8.19. The molecular formula is C24H18N6O2. The molecule has 0 aliphatic heterocycles. The van der Waals surface area contributed by atoms with Crippen molar-refractivity contribution in [2.24, 2.45) is 0 Å². The van der Waals surface area contributed by atoms with E-state index in [1.807, 2.05) is 72.8 Å². The van der Waals surface area contributed by atoms with Gasteiger partial charge >= 0.3 is 0 Å². The van der Waals surface area contributed by atoms with E-state index in [0.29, 0.717) is 5.69 Å². The number of aromatic nitrogens is 4. The molecule has 0 radical (unpaired) electrons. The average Bonchev–Trinajstić information content (AvgIpc) is 3.47. The highest BCUT2D eigenvalue weighted by atomic mass is 16.2. The Labute approximate surface area is 182 Å². The van der Waals surface area contributed by atoms with Crippen molar-refractivity contribution in [1.29, 1.82) is 0 Å². The number of anilines is 2. The molecule has 0 spiro atoms. The van der Waals surface area contributed by atoms with Crippen LogP contribution in [0.1, 0.15) is 21.0 Å². The highest BCUT2D eigenvalue weighted by molar-refractivity contribution is 6.14. The molecule has 0 saturated heterocycles. The molecule has 4 N–H and O–H groups in total. The molecule has 5 rings (SSSR count).